The molecule has 0 radical (unpaired) electrons. The van der Waals surface area contributed by atoms with Crippen LogP contribution in [0.25, 0.3) is 0 Å². The first-order valence-electron chi connectivity index (χ1n) is 8.02. The topological polar surface area (TPSA) is 75.3 Å². The van der Waals surface area contributed by atoms with E-state index in [1.165, 1.54) is 0 Å². The molecule has 1 aromatic carbocycles. The number of carbonyl (C=O) groups excluding carboxylic acids is 1. The molecule has 0 unspecified atom stereocenters. The third kappa shape index (κ3) is 5.46. The van der Waals surface area contributed by atoms with Crippen molar-refractivity contribution >= 4 is 33.8 Å². The Balaban J connectivity index is 0.00000288. The van der Waals surface area contributed by atoms with E-state index in [0.717, 1.165) is 25.9 Å². The van der Waals surface area contributed by atoms with Gasteiger partial charge in [-0.15, -0.1) is 12.4 Å². The molecule has 2 N–H and O–H groups in total. The molecule has 24 heavy (non-hydrogen) atoms. The number of rotatable bonds is 4. The van der Waals surface area contributed by atoms with Crippen LogP contribution in [0.5, 0.6) is 0 Å². The van der Waals surface area contributed by atoms with Gasteiger partial charge in [-0.05, 0) is 64.4 Å². The number of benzene rings is 1. The summed E-state index contributed by atoms with van der Waals surface area (Å²) in [4.78, 5) is 12.3. The number of sulfone groups is 1. The quantitative estimate of drug-likeness (QED) is 0.849. The molecule has 1 saturated heterocycles. The van der Waals surface area contributed by atoms with Gasteiger partial charge < -0.3 is 10.6 Å². The number of piperidine rings is 1. The predicted octanol–water partition coefficient (Wildman–Crippen LogP) is 2.76. The predicted molar refractivity (Wildman–Crippen MR) is 100 cm³/mol. The molecule has 2 rings (SSSR count). The van der Waals surface area contributed by atoms with Crippen LogP contribution in [0.4, 0.5) is 5.69 Å². The van der Waals surface area contributed by atoms with Gasteiger partial charge >= 0.3 is 0 Å². The summed E-state index contributed by atoms with van der Waals surface area (Å²) in [5.74, 6) is 0.0219. The van der Waals surface area contributed by atoms with E-state index >= 15 is 0 Å². The van der Waals surface area contributed by atoms with Gasteiger partial charge in [0.1, 0.15) is 0 Å². The molecule has 136 valence electrons. The Hall–Kier alpha value is -1.11. The maximum Gasteiger partial charge on any atom is 0.227 e. The van der Waals surface area contributed by atoms with E-state index in [0.29, 0.717) is 11.3 Å². The van der Waals surface area contributed by atoms with Crippen LogP contribution in [0, 0.1) is 5.92 Å². The smallest absolute Gasteiger partial charge is 0.227 e. The van der Waals surface area contributed by atoms with Crippen LogP contribution in [0.3, 0.4) is 0 Å². The molecule has 0 spiro atoms. The molecule has 0 aromatic heterocycles. The van der Waals surface area contributed by atoms with Crippen LogP contribution in [0.15, 0.2) is 24.3 Å². The molecule has 1 heterocycles. The first kappa shape index (κ1) is 20.9. The Labute approximate surface area is 150 Å². The number of hydrogen-bond acceptors (Lipinski definition) is 4. The van der Waals surface area contributed by atoms with E-state index in [2.05, 4.69) is 10.6 Å². The lowest BCUT2D eigenvalue weighted by molar-refractivity contribution is -0.120. The van der Waals surface area contributed by atoms with Gasteiger partial charge in [0, 0.05) is 11.6 Å². The molecule has 0 atom stereocenters. The van der Waals surface area contributed by atoms with Gasteiger partial charge in [0.2, 0.25) is 5.91 Å². The summed E-state index contributed by atoms with van der Waals surface area (Å²) in [5.41, 5.74) is 1.36. The van der Waals surface area contributed by atoms with Gasteiger partial charge in [0.25, 0.3) is 0 Å². The highest BCUT2D eigenvalue weighted by atomic mass is 35.5. The largest absolute Gasteiger partial charge is 0.326 e. The van der Waals surface area contributed by atoms with Gasteiger partial charge in [0.05, 0.1) is 10.5 Å². The van der Waals surface area contributed by atoms with E-state index in [1.54, 1.807) is 45.0 Å². The van der Waals surface area contributed by atoms with Crippen molar-refractivity contribution in [3.8, 4) is 0 Å². The van der Waals surface area contributed by atoms with Crippen molar-refractivity contribution < 1.29 is 13.2 Å². The zero-order chi connectivity index (χ0) is 17.1. The van der Waals surface area contributed by atoms with Crippen molar-refractivity contribution in [2.75, 3.05) is 18.4 Å². The Morgan fingerprint density at radius 1 is 1.25 bits per heavy atom. The number of halogens is 1. The molecule has 1 amide bonds. The minimum atomic E-state index is -3.24. The van der Waals surface area contributed by atoms with Crippen molar-refractivity contribution in [2.45, 2.75) is 44.1 Å². The van der Waals surface area contributed by atoms with Crippen molar-refractivity contribution in [1.82, 2.24) is 5.32 Å². The number of amides is 1. The molecule has 0 bridgehead atoms. The molecular formula is C17H27ClN2O3S. The van der Waals surface area contributed by atoms with E-state index in [1.807, 2.05) is 0 Å². The fourth-order valence-electron chi connectivity index (χ4n) is 2.50. The second-order valence-corrected chi connectivity index (χ2v) is 9.83. The van der Waals surface area contributed by atoms with Crippen LogP contribution >= 0.6 is 12.4 Å². The summed E-state index contributed by atoms with van der Waals surface area (Å²) < 4.78 is 23.8. The van der Waals surface area contributed by atoms with E-state index in [9.17, 15) is 13.2 Å². The Bertz CT molecular complexity index is 663. The second kappa shape index (κ2) is 8.32. The fourth-order valence-corrected chi connectivity index (χ4v) is 3.55. The van der Waals surface area contributed by atoms with E-state index in [4.69, 9.17) is 0 Å². The van der Waals surface area contributed by atoms with Crippen LogP contribution in [0.2, 0.25) is 0 Å². The number of carbonyl (C=O) groups is 1. The highest BCUT2D eigenvalue weighted by molar-refractivity contribution is 7.91. The molecule has 1 aliphatic rings. The number of hydrogen-bond donors (Lipinski definition) is 2. The fraction of sp³-hybridized carbons (Fsp3) is 0.588. The first-order valence-corrected chi connectivity index (χ1v) is 9.67. The lowest BCUT2D eigenvalue weighted by Gasteiger charge is -2.22. The zero-order valence-electron chi connectivity index (χ0n) is 14.5. The SMILES string of the molecule is CC(C)(C)S(=O)(=O)Cc1cccc(NC(=O)C2CCNCC2)c1.Cl. The summed E-state index contributed by atoms with van der Waals surface area (Å²) in [7, 11) is -3.24. The van der Waals surface area contributed by atoms with E-state index in [-0.39, 0.29) is 30.0 Å². The second-order valence-electron chi connectivity index (χ2n) is 7.09. The lowest BCUT2D eigenvalue weighted by Crippen LogP contribution is -2.34. The van der Waals surface area contributed by atoms with Gasteiger partial charge in [0.15, 0.2) is 9.84 Å². The highest BCUT2D eigenvalue weighted by Gasteiger charge is 2.29. The minimum absolute atomic E-state index is 0. The third-order valence-corrected chi connectivity index (χ3v) is 6.77. The summed E-state index contributed by atoms with van der Waals surface area (Å²) in [6, 6.07) is 7.11. The molecule has 7 heteroatoms. The molecular weight excluding hydrogens is 348 g/mol. The minimum Gasteiger partial charge on any atom is -0.326 e. The molecule has 0 aliphatic carbocycles. The summed E-state index contributed by atoms with van der Waals surface area (Å²) in [6.07, 6.45) is 1.67. The summed E-state index contributed by atoms with van der Waals surface area (Å²) >= 11 is 0. The highest BCUT2D eigenvalue weighted by Crippen LogP contribution is 2.22. The molecule has 1 fully saturated rings. The van der Waals surface area contributed by atoms with Gasteiger partial charge in [-0.1, -0.05) is 12.1 Å². The van der Waals surface area contributed by atoms with Crippen LogP contribution < -0.4 is 10.6 Å². The summed E-state index contributed by atoms with van der Waals surface area (Å²) in [6.45, 7) is 6.82. The van der Waals surface area contributed by atoms with Crippen molar-refractivity contribution in [2.24, 2.45) is 5.92 Å². The van der Waals surface area contributed by atoms with Crippen LogP contribution in [0.1, 0.15) is 39.2 Å². The molecule has 1 aromatic rings. The lowest BCUT2D eigenvalue weighted by atomic mass is 9.97. The monoisotopic (exact) mass is 374 g/mol. The summed E-state index contributed by atoms with van der Waals surface area (Å²) in [5, 5.41) is 6.15. The number of anilines is 1. The number of nitrogens with one attached hydrogen (secondary N) is 2. The van der Waals surface area contributed by atoms with Gasteiger partial charge in [-0.25, -0.2) is 8.42 Å². The Kier molecular flexibility index (Phi) is 7.25. The average molecular weight is 375 g/mol. The van der Waals surface area contributed by atoms with Crippen LogP contribution in [-0.4, -0.2) is 32.2 Å². The van der Waals surface area contributed by atoms with E-state index < -0.39 is 14.6 Å². The molecule has 1 aliphatic heterocycles. The molecule has 0 saturated carbocycles. The van der Waals surface area contributed by atoms with Crippen molar-refractivity contribution in [1.29, 1.82) is 0 Å². The maximum absolute atomic E-state index is 12.3. The van der Waals surface area contributed by atoms with Crippen LogP contribution in [-0.2, 0) is 20.4 Å². The Morgan fingerprint density at radius 3 is 2.46 bits per heavy atom. The van der Waals surface area contributed by atoms with Gasteiger partial charge in [-0.2, -0.15) is 0 Å². The standard InChI is InChI=1S/C17H26N2O3S.ClH/c1-17(2,3)23(21,22)12-13-5-4-6-15(11-13)19-16(20)14-7-9-18-10-8-14;/h4-6,11,14,18H,7-10,12H2,1-3H3,(H,19,20);1H. The third-order valence-electron chi connectivity index (χ3n) is 4.19. The normalized spacial score (nSPS) is 16.3. The zero-order valence-corrected chi connectivity index (χ0v) is 16.1. The first-order chi connectivity index (χ1) is 10.7. The van der Waals surface area contributed by atoms with Crippen molar-refractivity contribution in [3.05, 3.63) is 29.8 Å². The van der Waals surface area contributed by atoms with Crippen molar-refractivity contribution in [3.63, 3.8) is 0 Å². The average Bonchev–Trinajstić information content (AvgIpc) is 2.47. The van der Waals surface area contributed by atoms with Gasteiger partial charge in [-0.3, -0.25) is 4.79 Å². The molecule has 5 nitrogen and oxygen atoms in total. The maximum atomic E-state index is 12.3. The Morgan fingerprint density at radius 2 is 1.88 bits per heavy atom.